The van der Waals surface area contributed by atoms with E-state index in [9.17, 15) is 4.79 Å². The Morgan fingerprint density at radius 2 is 1.90 bits per heavy atom. The Hall–Kier alpha value is -3.79. The number of amides is 1. The molecule has 0 spiro atoms. The number of hydrogen-bond acceptors (Lipinski definition) is 7. The second-order valence-corrected chi connectivity index (χ2v) is 7.72. The number of nitrogens with one attached hydrogen (secondary N) is 2. The van der Waals surface area contributed by atoms with Crippen molar-refractivity contribution >= 4 is 23.4 Å². The summed E-state index contributed by atoms with van der Waals surface area (Å²) in [5.41, 5.74) is 4.16. The minimum absolute atomic E-state index is 0.151. The molecule has 0 aliphatic carbocycles. The number of H-pyrrole nitrogens is 1. The van der Waals surface area contributed by atoms with E-state index in [1.54, 1.807) is 7.11 Å². The number of aryl methyl sites for hydroxylation is 1. The fourth-order valence-electron chi connectivity index (χ4n) is 2.87. The Kier molecular flexibility index (Phi) is 5.89. The lowest BCUT2D eigenvalue weighted by molar-refractivity contribution is -0.113. The van der Waals surface area contributed by atoms with Gasteiger partial charge >= 0.3 is 0 Å². The van der Waals surface area contributed by atoms with Gasteiger partial charge in [0.1, 0.15) is 11.4 Å². The third-order valence-electron chi connectivity index (χ3n) is 4.54. The number of carbonyl (C=O) groups is 1. The Bertz CT molecular complexity index is 1180. The van der Waals surface area contributed by atoms with Crippen LogP contribution in [-0.2, 0) is 4.79 Å². The van der Waals surface area contributed by atoms with Crippen LogP contribution >= 0.6 is 11.8 Å². The molecule has 1 amide bonds. The SMILES string of the molecule is COc1ccc(-c2cc(-c3nnc(SCC(=O)Nc4ccc(C)cc4)n3N)[nH]n2)cc1. The van der Waals surface area contributed by atoms with Crippen LogP contribution in [0.25, 0.3) is 22.8 Å². The van der Waals surface area contributed by atoms with Crippen LogP contribution in [0.5, 0.6) is 5.75 Å². The smallest absolute Gasteiger partial charge is 0.234 e. The number of ether oxygens (including phenoxy) is 1. The predicted octanol–water partition coefficient (Wildman–Crippen LogP) is 3.10. The number of carbonyl (C=O) groups excluding carboxylic acids is 1. The molecule has 0 radical (unpaired) electrons. The first-order chi connectivity index (χ1) is 15.0. The van der Waals surface area contributed by atoms with Gasteiger partial charge in [0.05, 0.1) is 18.6 Å². The first-order valence-electron chi connectivity index (χ1n) is 9.43. The second kappa shape index (κ2) is 8.92. The van der Waals surface area contributed by atoms with Gasteiger partial charge in [0, 0.05) is 11.3 Å². The number of aromatic amines is 1. The van der Waals surface area contributed by atoms with Crippen molar-refractivity contribution in [3.8, 4) is 28.5 Å². The monoisotopic (exact) mass is 435 g/mol. The van der Waals surface area contributed by atoms with Gasteiger partial charge in [-0.15, -0.1) is 10.2 Å². The van der Waals surface area contributed by atoms with E-state index in [2.05, 4.69) is 25.7 Å². The molecule has 0 fully saturated rings. The number of hydrogen-bond donors (Lipinski definition) is 3. The van der Waals surface area contributed by atoms with Crippen LogP contribution in [0.4, 0.5) is 5.69 Å². The normalized spacial score (nSPS) is 10.8. The maximum atomic E-state index is 12.2. The van der Waals surface area contributed by atoms with Gasteiger partial charge in [-0.3, -0.25) is 9.89 Å². The van der Waals surface area contributed by atoms with Crippen molar-refractivity contribution < 1.29 is 9.53 Å². The van der Waals surface area contributed by atoms with Crippen molar-refractivity contribution in [2.75, 3.05) is 24.0 Å². The van der Waals surface area contributed by atoms with Crippen molar-refractivity contribution in [1.29, 1.82) is 0 Å². The highest BCUT2D eigenvalue weighted by Gasteiger charge is 2.16. The molecule has 31 heavy (non-hydrogen) atoms. The van der Waals surface area contributed by atoms with Gasteiger partial charge in [0.25, 0.3) is 0 Å². The van der Waals surface area contributed by atoms with E-state index in [0.29, 0.717) is 16.7 Å². The van der Waals surface area contributed by atoms with Gasteiger partial charge in [0.2, 0.25) is 16.9 Å². The summed E-state index contributed by atoms with van der Waals surface area (Å²) in [5, 5.41) is 18.8. The molecule has 0 aliphatic heterocycles. The molecule has 2 aromatic heterocycles. The van der Waals surface area contributed by atoms with Gasteiger partial charge in [-0.1, -0.05) is 29.5 Å². The zero-order valence-corrected chi connectivity index (χ0v) is 17.8. The number of thioether (sulfide) groups is 1. The van der Waals surface area contributed by atoms with E-state index in [0.717, 1.165) is 28.3 Å². The zero-order valence-electron chi connectivity index (χ0n) is 17.0. The highest BCUT2D eigenvalue weighted by Crippen LogP contribution is 2.26. The molecule has 0 aliphatic rings. The Morgan fingerprint density at radius 1 is 1.16 bits per heavy atom. The number of nitrogens with two attached hydrogens (primary N) is 1. The van der Waals surface area contributed by atoms with E-state index < -0.39 is 0 Å². The summed E-state index contributed by atoms with van der Waals surface area (Å²) in [5.74, 6) is 7.35. The fourth-order valence-corrected chi connectivity index (χ4v) is 3.53. The number of anilines is 1. The molecule has 158 valence electrons. The molecule has 10 heteroatoms. The summed E-state index contributed by atoms with van der Waals surface area (Å²) in [6, 6.07) is 17.0. The highest BCUT2D eigenvalue weighted by atomic mass is 32.2. The van der Waals surface area contributed by atoms with Crippen LogP contribution in [0.3, 0.4) is 0 Å². The molecule has 4 aromatic rings. The third-order valence-corrected chi connectivity index (χ3v) is 5.48. The second-order valence-electron chi connectivity index (χ2n) is 6.77. The molecule has 2 aromatic carbocycles. The highest BCUT2D eigenvalue weighted by molar-refractivity contribution is 7.99. The van der Waals surface area contributed by atoms with Gasteiger partial charge in [0.15, 0.2) is 0 Å². The number of rotatable bonds is 7. The molecular weight excluding hydrogens is 414 g/mol. The van der Waals surface area contributed by atoms with Gasteiger partial charge < -0.3 is 15.9 Å². The summed E-state index contributed by atoms with van der Waals surface area (Å²) in [6.45, 7) is 1.99. The minimum atomic E-state index is -0.151. The van der Waals surface area contributed by atoms with E-state index >= 15 is 0 Å². The zero-order chi connectivity index (χ0) is 21.8. The molecule has 4 N–H and O–H groups in total. The van der Waals surface area contributed by atoms with Crippen molar-refractivity contribution in [3.05, 3.63) is 60.2 Å². The number of methoxy groups -OCH3 is 1. The topological polar surface area (TPSA) is 124 Å². The van der Waals surface area contributed by atoms with Crippen molar-refractivity contribution in [2.45, 2.75) is 12.1 Å². The number of aromatic nitrogens is 5. The summed E-state index contributed by atoms with van der Waals surface area (Å²) < 4.78 is 6.52. The molecule has 0 atom stereocenters. The summed E-state index contributed by atoms with van der Waals surface area (Å²) in [7, 11) is 1.62. The molecule has 0 saturated carbocycles. The first kappa shape index (κ1) is 20.5. The van der Waals surface area contributed by atoms with Crippen LogP contribution in [-0.4, -0.2) is 43.8 Å². The summed E-state index contributed by atoms with van der Waals surface area (Å²) in [4.78, 5) is 12.2. The fraction of sp³-hybridized carbons (Fsp3) is 0.143. The maximum Gasteiger partial charge on any atom is 0.234 e. The molecule has 0 saturated heterocycles. The minimum Gasteiger partial charge on any atom is -0.497 e. The average molecular weight is 436 g/mol. The number of nitrogen functional groups attached to an aromatic ring is 1. The Morgan fingerprint density at radius 3 is 2.61 bits per heavy atom. The van der Waals surface area contributed by atoms with E-state index in [1.165, 1.54) is 16.4 Å². The first-order valence-corrected chi connectivity index (χ1v) is 10.4. The Balaban J connectivity index is 1.41. The van der Waals surface area contributed by atoms with Crippen molar-refractivity contribution in [3.63, 3.8) is 0 Å². The molecule has 0 bridgehead atoms. The Labute approximate surface area is 183 Å². The van der Waals surface area contributed by atoms with Gasteiger partial charge in [-0.2, -0.15) is 5.10 Å². The van der Waals surface area contributed by atoms with Crippen LogP contribution in [0.1, 0.15) is 5.56 Å². The van der Waals surface area contributed by atoms with Crippen LogP contribution in [0.2, 0.25) is 0 Å². The lowest BCUT2D eigenvalue weighted by Gasteiger charge is -2.05. The quantitative estimate of drug-likeness (QED) is 0.301. The van der Waals surface area contributed by atoms with Crippen molar-refractivity contribution in [2.24, 2.45) is 0 Å². The van der Waals surface area contributed by atoms with E-state index in [-0.39, 0.29) is 11.7 Å². The van der Waals surface area contributed by atoms with Crippen LogP contribution in [0, 0.1) is 6.92 Å². The summed E-state index contributed by atoms with van der Waals surface area (Å²) >= 11 is 1.20. The van der Waals surface area contributed by atoms with Gasteiger partial charge in [-0.05, 0) is 49.4 Å². The van der Waals surface area contributed by atoms with Gasteiger partial charge in [-0.25, -0.2) is 4.68 Å². The molecule has 2 heterocycles. The largest absolute Gasteiger partial charge is 0.497 e. The van der Waals surface area contributed by atoms with Crippen LogP contribution in [0.15, 0.2) is 59.8 Å². The summed E-state index contributed by atoms with van der Waals surface area (Å²) in [6.07, 6.45) is 0. The van der Waals surface area contributed by atoms with Crippen molar-refractivity contribution in [1.82, 2.24) is 25.1 Å². The maximum absolute atomic E-state index is 12.2. The lowest BCUT2D eigenvalue weighted by atomic mass is 10.1. The van der Waals surface area contributed by atoms with Crippen LogP contribution < -0.4 is 15.9 Å². The van der Waals surface area contributed by atoms with E-state index in [4.69, 9.17) is 10.6 Å². The predicted molar refractivity (Wildman–Crippen MR) is 120 cm³/mol. The number of benzene rings is 2. The molecular formula is C21H21N7O2S. The molecule has 0 unspecified atom stereocenters. The standard InChI is InChI=1S/C21H21N7O2S/c1-13-3-7-15(8-4-13)23-19(29)12-31-21-27-26-20(28(21)22)18-11-17(24-25-18)14-5-9-16(30-2)10-6-14/h3-11H,12,22H2,1-2H3,(H,23,29)(H,24,25). The lowest BCUT2D eigenvalue weighted by Crippen LogP contribution is -2.16. The molecule has 9 nitrogen and oxygen atoms in total. The third kappa shape index (κ3) is 4.69. The average Bonchev–Trinajstić information content (AvgIpc) is 3.41. The number of nitrogens with zero attached hydrogens (tertiary/aromatic N) is 4. The van der Waals surface area contributed by atoms with E-state index in [1.807, 2.05) is 61.5 Å². The molecule has 4 rings (SSSR count).